The Morgan fingerprint density at radius 1 is 1.46 bits per heavy atom. The Bertz CT molecular complexity index is 723. The maximum Gasteiger partial charge on any atom is 0.338 e. The molecule has 0 amide bonds. The smallest absolute Gasteiger partial charge is 0.338 e. The molecule has 1 atom stereocenters. The molecule has 1 aromatic heterocycles. The van der Waals surface area contributed by atoms with Gasteiger partial charge in [0.2, 0.25) is 0 Å². The maximum absolute atomic E-state index is 12.1. The second-order valence-electron chi connectivity index (χ2n) is 5.52. The molecule has 0 spiro atoms. The minimum Gasteiger partial charge on any atom is -0.459 e. The number of rotatable bonds is 5. The van der Waals surface area contributed by atoms with Crippen LogP contribution in [-0.4, -0.2) is 39.8 Å². The number of aromatic nitrogens is 2. The molecule has 1 aliphatic heterocycles. The zero-order valence-electron chi connectivity index (χ0n) is 13.0. The summed E-state index contributed by atoms with van der Waals surface area (Å²) in [4.78, 5) is 26.8. The van der Waals surface area contributed by atoms with Gasteiger partial charge in [-0.2, -0.15) is 0 Å². The zero-order chi connectivity index (χ0) is 16.9. The number of esters is 1. The molecule has 2 heterocycles. The standard InChI is InChI=1S/C16H17N3O5/c20-16(24-10-13-3-1-2-8-23-13)12-4-5-14(15(9-12)19(21)22)18-7-6-17-11-18/h4-7,9,11,13H,1-3,8,10H2. The van der Waals surface area contributed by atoms with Crippen molar-refractivity contribution in [2.24, 2.45) is 0 Å². The van der Waals surface area contributed by atoms with Crippen LogP contribution in [0.3, 0.4) is 0 Å². The summed E-state index contributed by atoms with van der Waals surface area (Å²) in [5.74, 6) is -0.593. The number of carbonyl (C=O) groups excluding carboxylic acids is 1. The second-order valence-corrected chi connectivity index (χ2v) is 5.52. The van der Waals surface area contributed by atoms with Crippen LogP contribution in [0.25, 0.3) is 5.69 Å². The van der Waals surface area contributed by atoms with E-state index in [-0.39, 0.29) is 24.0 Å². The summed E-state index contributed by atoms with van der Waals surface area (Å²) in [6, 6.07) is 4.24. The highest BCUT2D eigenvalue weighted by molar-refractivity contribution is 5.90. The molecule has 0 bridgehead atoms. The molecule has 8 nitrogen and oxygen atoms in total. The SMILES string of the molecule is O=C(OCC1CCCCO1)c1ccc(-n2ccnc2)c([N+](=O)[O-])c1. The van der Waals surface area contributed by atoms with Crippen LogP contribution in [0, 0.1) is 10.1 Å². The number of hydrogen-bond donors (Lipinski definition) is 0. The fourth-order valence-corrected chi connectivity index (χ4v) is 2.61. The van der Waals surface area contributed by atoms with E-state index in [0.29, 0.717) is 12.3 Å². The van der Waals surface area contributed by atoms with Gasteiger partial charge in [-0.15, -0.1) is 0 Å². The van der Waals surface area contributed by atoms with E-state index in [1.54, 1.807) is 6.20 Å². The van der Waals surface area contributed by atoms with Gasteiger partial charge in [-0.3, -0.25) is 10.1 Å². The number of ether oxygens (including phenoxy) is 2. The van der Waals surface area contributed by atoms with Crippen LogP contribution in [0.1, 0.15) is 29.6 Å². The number of hydrogen-bond acceptors (Lipinski definition) is 6. The third kappa shape index (κ3) is 3.60. The quantitative estimate of drug-likeness (QED) is 0.474. The lowest BCUT2D eigenvalue weighted by Gasteiger charge is -2.22. The van der Waals surface area contributed by atoms with Crippen molar-refractivity contribution < 1.29 is 19.2 Å². The molecule has 0 N–H and O–H groups in total. The average molecular weight is 331 g/mol. The third-order valence-electron chi connectivity index (χ3n) is 3.86. The van der Waals surface area contributed by atoms with Crippen LogP contribution in [0.4, 0.5) is 5.69 Å². The summed E-state index contributed by atoms with van der Waals surface area (Å²) in [6.45, 7) is 0.837. The van der Waals surface area contributed by atoms with Crippen LogP contribution in [0.5, 0.6) is 0 Å². The van der Waals surface area contributed by atoms with Crippen molar-refractivity contribution >= 4 is 11.7 Å². The van der Waals surface area contributed by atoms with Crippen molar-refractivity contribution in [2.45, 2.75) is 25.4 Å². The van der Waals surface area contributed by atoms with Crippen molar-refractivity contribution in [3.05, 3.63) is 52.6 Å². The summed E-state index contributed by atoms with van der Waals surface area (Å²) < 4.78 is 12.2. The predicted molar refractivity (Wildman–Crippen MR) is 84.1 cm³/mol. The van der Waals surface area contributed by atoms with E-state index in [9.17, 15) is 14.9 Å². The molecule has 0 saturated carbocycles. The van der Waals surface area contributed by atoms with Crippen molar-refractivity contribution in [3.63, 3.8) is 0 Å². The van der Waals surface area contributed by atoms with Crippen LogP contribution >= 0.6 is 0 Å². The number of benzene rings is 1. The molecule has 0 radical (unpaired) electrons. The van der Waals surface area contributed by atoms with Gasteiger partial charge in [0.05, 0.1) is 22.9 Å². The molecule has 126 valence electrons. The van der Waals surface area contributed by atoms with E-state index in [4.69, 9.17) is 9.47 Å². The molecule has 1 aromatic carbocycles. The summed E-state index contributed by atoms with van der Waals surface area (Å²) in [5.41, 5.74) is 0.294. The van der Waals surface area contributed by atoms with Gasteiger partial charge in [0.15, 0.2) is 0 Å². The van der Waals surface area contributed by atoms with E-state index < -0.39 is 10.9 Å². The molecule has 0 aliphatic carbocycles. The minimum atomic E-state index is -0.593. The van der Waals surface area contributed by atoms with Crippen LogP contribution in [0.2, 0.25) is 0 Å². The molecular formula is C16H17N3O5. The Kier molecular flexibility index (Phi) is 4.85. The van der Waals surface area contributed by atoms with Gasteiger partial charge in [-0.1, -0.05) is 0 Å². The highest BCUT2D eigenvalue weighted by Gasteiger charge is 2.21. The lowest BCUT2D eigenvalue weighted by molar-refractivity contribution is -0.384. The maximum atomic E-state index is 12.1. The Morgan fingerprint density at radius 3 is 3.00 bits per heavy atom. The molecule has 1 unspecified atom stereocenters. The molecule has 3 rings (SSSR count). The highest BCUT2D eigenvalue weighted by atomic mass is 16.6. The van der Waals surface area contributed by atoms with Crippen molar-refractivity contribution in [2.75, 3.05) is 13.2 Å². The topological polar surface area (TPSA) is 96.5 Å². The van der Waals surface area contributed by atoms with E-state index in [0.717, 1.165) is 19.3 Å². The number of nitrogens with zero attached hydrogens (tertiary/aromatic N) is 3. The molecular weight excluding hydrogens is 314 g/mol. The largest absolute Gasteiger partial charge is 0.459 e. The molecule has 2 aromatic rings. The summed E-state index contributed by atoms with van der Waals surface area (Å²) in [7, 11) is 0. The van der Waals surface area contributed by atoms with E-state index in [1.807, 2.05) is 0 Å². The van der Waals surface area contributed by atoms with E-state index in [1.165, 1.54) is 35.3 Å². The first-order valence-corrected chi connectivity index (χ1v) is 7.70. The highest BCUT2D eigenvalue weighted by Crippen LogP contribution is 2.24. The summed E-state index contributed by atoms with van der Waals surface area (Å²) in [6.07, 6.45) is 7.41. The lowest BCUT2D eigenvalue weighted by atomic mass is 10.1. The number of imidazole rings is 1. The second kappa shape index (κ2) is 7.22. The third-order valence-corrected chi connectivity index (χ3v) is 3.86. The molecule has 8 heteroatoms. The van der Waals surface area contributed by atoms with E-state index in [2.05, 4.69) is 4.98 Å². The Labute approximate surface area is 138 Å². The first kappa shape index (κ1) is 16.1. The van der Waals surface area contributed by atoms with Crippen LogP contribution < -0.4 is 0 Å². The Morgan fingerprint density at radius 2 is 2.33 bits per heavy atom. The number of nitro groups is 1. The molecule has 1 saturated heterocycles. The predicted octanol–water partition coefficient (Wildman–Crippen LogP) is 2.51. The molecule has 24 heavy (non-hydrogen) atoms. The van der Waals surface area contributed by atoms with Crippen molar-refractivity contribution in [3.8, 4) is 5.69 Å². The fraction of sp³-hybridized carbons (Fsp3) is 0.375. The number of nitro benzene ring substituents is 1. The minimum absolute atomic E-state index is 0.0945. The Hall–Kier alpha value is -2.74. The monoisotopic (exact) mass is 331 g/mol. The lowest BCUT2D eigenvalue weighted by Crippen LogP contribution is -2.26. The van der Waals surface area contributed by atoms with Crippen LogP contribution in [0.15, 0.2) is 36.9 Å². The average Bonchev–Trinajstić information content (AvgIpc) is 3.14. The zero-order valence-corrected chi connectivity index (χ0v) is 13.0. The van der Waals surface area contributed by atoms with Crippen molar-refractivity contribution in [1.82, 2.24) is 9.55 Å². The Balaban J connectivity index is 1.74. The van der Waals surface area contributed by atoms with Gasteiger partial charge in [-0.05, 0) is 31.4 Å². The van der Waals surface area contributed by atoms with Gasteiger partial charge in [0, 0.05) is 25.1 Å². The number of carbonyl (C=O) groups is 1. The normalized spacial score (nSPS) is 17.4. The fourth-order valence-electron chi connectivity index (χ4n) is 2.61. The first-order valence-electron chi connectivity index (χ1n) is 7.70. The summed E-state index contributed by atoms with van der Waals surface area (Å²) in [5, 5.41) is 11.3. The van der Waals surface area contributed by atoms with Gasteiger partial charge in [-0.25, -0.2) is 9.78 Å². The van der Waals surface area contributed by atoms with E-state index >= 15 is 0 Å². The van der Waals surface area contributed by atoms with Gasteiger partial charge in [0.1, 0.15) is 12.3 Å². The summed E-state index contributed by atoms with van der Waals surface area (Å²) >= 11 is 0. The molecule has 1 aliphatic rings. The van der Waals surface area contributed by atoms with Gasteiger partial charge < -0.3 is 14.0 Å². The van der Waals surface area contributed by atoms with Crippen LogP contribution in [-0.2, 0) is 9.47 Å². The first-order chi connectivity index (χ1) is 11.6. The molecule has 1 fully saturated rings. The van der Waals surface area contributed by atoms with Gasteiger partial charge >= 0.3 is 5.97 Å². The van der Waals surface area contributed by atoms with Gasteiger partial charge in [0.25, 0.3) is 5.69 Å². The van der Waals surface area contributed by atoms with Crippen molar-refractivity contribution in [1.29, 1.82) is 0 Å².